The van der Waals surface area contributed by atoms with E-state index in [9.17, 15) is 14.7 Å². The highest BCUT2D eigenvalue weighted by atomic mass is 16.4. The Morgan fingerprint density at radius 1 is 1.35 bits per heavy atom. The molecule has 1 aliphatic rings. The number of carbonyl (C=O) groups is 2. The molecule has 1 aromatic heterocycles. The number of para-hydroxylation sites is 1. The van der Waals surface area contributed by atoms with E-state index in [4.69, 9.17) is 0 Å². The molecule has 3 rings (SSSR count). The number of carboxylic acids is 1. The minimum atomic E-state index is -1.00. The molecule has 0 unspecified atom stereocenters. The lowest BCUT2D eigenvalue weighted by molar-refractivity contribution is -0.138. The van der Waals surface area contributed by atoms with Gasteiger partial charge in [-0.1, -0.05) is 18.2 Å². The van der Waals surface area contributed by atoms with Gasteiger partial charge in [0.05, 0.1) is 11.8 Å². The van der Waals surface area contributed by atoms with Crippen LogP contribution in [0, 0.1) is 0 Å². The number of hydrogen-bond acceptors (Lipinski definition) is 3. The van der Waals surface area contributed by atoms with E-state index in [1.807, 2.05) is 12.1 Å². The van der Waals surface area contributed by atoms with Gasteiger partial charge in [-0.2, -0.15) is 5.10 Å². The number of benzene rings is 1. The van der Waals surface area contributed by atoms with Crippen LogP contribution in [0.1, 0.15) is 15.9 Å². The molecular formula is C14H13N3O3. The molecule has 0 bridgehead atoms. The first-order valence-electron chi connectivity index (χ1n) is 6.21. The molecule has 1 aliphatic heterocycles. The van der Waals surface area contributed by atoms with Gasteiger partial charge >= 0.3 is 5.97 Å². The van der Waals surface area contributed by atoms with E-state index in [0.717, 1.165) is 5.56 Å². The summed E-state index contributed by atoms with van der Waals surface area (Å²) < 4.78 is 1.52. The maximum atomic E-state index is 12.5. The van der Waals surface area contributed by atoms with Gasteiger partial charge in [0.15, 0.2) is 0 Å². The van der Waals surface area contributed by atoms with Crippen molar-refractivity contribution in [3.63, 3.8) is 0 Å². The normalized spacial score (nSPS) is 17.1. The van der Waals surface area contributed by atoms with E-state index in [-0.39, 0.29) is 5.91 Å². The SMILES string of the molecule is Cn1cc(C(=O)N2c3ccccc3C[C@H]2C(=O)O)cn1. The molecule has 2 aromatic rings. The van der Waals surface area contributed by atoms with Crippen molar-refractivity contribution in [2.75, 3.05) is 4.90 Å². The Morgan fingerprint density at radius 2 is 2.10 bits per heavy atom. The van der Waals surface area contributed by atoms with Crippen LogP contribution in [-0.4, -0.2) is 32.8 Å². The first kappa shape index (κ1) is 12.4. The van der Waals surface area contributed by atoms with Gasteiger partial charge in [-0.15, -0.1) is 0 Å². The standard InChI is InChI=1S/C14H13N3O3/c1-16-8-10(7-15-16)13(18)17-11-5-3-2-4-9(11)6-12(17)14(19)20/h2-5,7-8,12H,6H2,1H3,(H,19,20)/t12-/m0/s1. The van der Waals surface area contributed by atoms with Crippen LogP contribution in [-0.2, 0) is 18.3 Å². The Morgan fingerprint density at radius 3 is 2.75 bits per heavy atom. The average Bonchev–Trinajstić information content (AvgIpc) is 3.01. The second-order valence-corrected chi connectivity index (χ2v) is 4.76. The highest BCUT2D eigenvalue weighted by molar-refractivity contribution is 6.10. The molecule has 1 atom stereocenters. The number of amides is 1. The second-order valence-electron chi connectivity index (χ2n) is 4.76. The van der Waals surface area contributed by atoms with E-state index in [1.54, 1.807) is 25.4 Å². The van der Waals surface area contributed by atoms with Gasteiger partial charge in [-0.05, 0) is 11.6 Å². The van der Waals surface area contributed by atoms with E-state index in [2.05, 4.69) is 5.10 Å². The van der Waals surface area contributed by atoms with E-state index in [1.165, 1.54) is 15.8 Å². The number of aliphatic carboxylic acids is 1. The summed E-state index contributed by atoms with van der Waals surface area (Å²) in [4.78, 5) is 25.3. The molecule has 6 heteroatoms. The van der Waals surface area contributed by atoms with Crippen LogP contribution in [0.15, 0.2) is 36.7 Å². The van der Waals surface area contributed by atoms with Crippen molar-refractivity contribution >= 4 is 17.6 Å². The van der Waals surface area contributed by atoms with Gasteiger partial charge in [-0.3, -0.25) is 14.4 Å². The highest BCUT2D eigenvalue weighted by Crippen LogP contribution is 2.33. The first-order valence-corrected chi connectivity index (χ1v) is 6.21. The van der Waals surface area contributed by atoms with Crippen molar-refractivity contribution in [2.24, 2.45) is 7.05 Å². The molecule has 20 heavy (non-hydrogen) atoms. The highest BCUT2D eigenvalue weighted by Gasteiger charge is 2.38. The summed E-state index contributed by atoms with van der Waals surface area (Å²) in [5.74, 6) is -1.34. The average molecular weight is 271 g/mol. The van der Waals surface area contributed by atoms with Crippen LogP contribution in [0.4, 0.5) is 5.69 Å². The lowest BCUT2D eigenvalue weighted by Gasteiger charge is -2.21. The number of anilines is 1. The summed E-state index contributed by atoms with van der Waals surface area (Å²) in [5, 5.41) is 13.3. The lowest BCUT2D eigenvalue weighted by atomic mass is 10.1. The summed E-state index contributed by atoms with van der Waals surface area (Å²) in [6, 6.07) is 6.40. The fourth-order valence-electron chi connectivity index (χ4n) is 2.51. The molecule has 6 nitrogen and oxygen atoms in total. The van der Waals surface area contributed by atoms with Crippen molar-refractivity contribution in [1.82, 2.24) is 9.78 Å². The predicted molar refractivity (Wildman–Crippen MR) is 71.6 cm³/mol. The van der Waals surface area contributed by atoms with Crippen LogP contribution in [0.25, 0.3) is 0 Å². The number of aromatic nitrogens is 2. The van der Waals surface area contributed by atoms with Crippen molar-refractivity contribution in [1.29, 1.82) is 0 Å². The minimum absolute atomic E-state index is 0.331. The first-order chi connectivity index (χ1) is 9.58. The molecule has 0 aliphatic carbocycles. The topological polar surface area (TPSA) is 75.4 Å². The molecule has 1 amide bonds. The van der Waals surface area contributed by atoms with Crippen LogP contribution in [0.2, 0.25) is 0 Å². The zero-order valence-electron chi connectivity index (χ0n) is 10.9. The number of carboxylic acid groups (broad SMARTS) is 1. The monoisotopic (exact) mass is 271 g/mol. The van der Waals surface area contributed by atoms with Gasteiger partial charge in [0.25, 0.3) is 5.91 Å². The summed E-state index contributed by atoms with van der Waals surface area (Å²) in [6.45, 7) is 0. The van der Waals surface area contributed by atoms with Crippen molar-refractivity contribution < 1.29 is 14.7 Å². The van der Waals surface area contributed by atoms with Crippen LogP contribution < -0.4 is 4.90 Å². The summed E-state index contributed by atoms with van der Waals surface area (Å²) in [5.41, 5.74) is 1.92. The van der Waals surface area contributed by atoms with Gasteiger partial charge in [-0.25, -0.2) is 4.79 Å². The van der Waals surface area contributed by atoms with Crippen molar-refractivity contribution in [2.45, 2.75) is 12.5 Å². The Bertz CT molecular complexity index is 692. The maximum Gasteiger partial charge on any atom is 0.327 e. The molecule has 1 N–H and O–H groups in total. The number of hydrogen-bond donors (Lipinski definition) is 1. The second kappa shape index (κ2) is 4.48. The molecule has 0 radical (unpaired) electrons. The molecule has 0 saturated carbocycles. The zero-order valence-corrected chi connectivity index (χ0v) is 10.9. The molecular weight excluding hydrogens is 258 g/mol. The van der Waals surface area contributed by atoms with Crippen LogP contribution in [0.3, 0.4) is 0 Å². The zero-order chi connectivity index (χ0) is 14.3. The molecule has 0 spiro atoms. The maximum absolute atomic E-state index is 12.5. The fraction of sp³-hybridized carbons (Fsp3) is 0.214. The third-order valence-corrected chi connectivity index (χ3v) is 3.43. The minimum Gasteiger partial charge on any atom is -0.480 e. The Kier molecular flexibility index (Phi) is 2.78. The van der Waals surface area contributed by atoms with Gasteiger partial charge in [0.2, 0.25) is 0 Å². The van der Waals surface area contributed by atoms with E-state index in [0.29, 0.717) is 17.7 Å². The van der Waals surface area contributed by atoms with Crippen LogP contribution in [0.5, 0.6) is 0 Å². The van der Waals surface area contributed by atoms with Crippen LogP contribution >= 0.6 is 0 Å². The number of fused-ring (bicyclic) bond motifs is 1. The third-order valence-electron chi connectivity index (χ3n) is 3.43. The number of aryl methyl sites for hydroxylation is 1. The third kappa shape index (κ3) is 1.85. The molecule has 0 saturated heterocycles. The lowest BCUT2D eigenvalue weighted by Crippen LogP contribution is -2.42. The number of nitrogens with zero attached hydrogens (tertiary/aromatic N) is 3. The molecule has 2 heterocycles. The predicted octanol–water partition coefficient (Wildman–Crippen LogP) is 1.08. The fourth-order valence-corrected chi connectivity index (χ4v) is 2.51. The van der Waals surface area contributed by atoms with Gasteiger partial charge in [0, 0.05) is 25.4 Å². The van der Waals surface area contributed by atoms with E-state index >= 15 is 0 Å². The molecule has 0 fully saturated rings. The van der Waals surface area contributed by atoms with Crippen molar-refractivity contribution in [3.05, 3.63) is 47.8 Å². The quantitative estimate of drug-likeness (QED) is 0.886. The number of carbonyl (C=O) groups excluding carboxylic acids is 1. The van der Waals surface area contributed by atoms with Gasteiger partial charge < -0.3 is 5.11 Å². The Hall–Kier alpha value is -2.63. The number of rotatable bonds is 2. The molecule has 1 aromatic carbocycles. The smallest absolute Gasteiger partial charge is 0.327 e. The summed E-state index contributed by atoms with van der Waals surface area (Å²) >= 11 is 0. The van der Waals surface area contributed by atoms with Crippen molar-refractivity contribution in [3.8, 4) is 0 Å². The summed E-state index contributed by atoms with van der Waals surface area (Å²) in [6.07, 6.45) is 3.36. The largest absolute Gasteiger partial charge is 0.480 e. The summed E-state index contributed by atoms with van der Waals surface area (Å²) in [7, 11) is 1.71. The Labute approximate surface area is 115 Å². The van der Waals surface area contributed by atoms with E-state index < -0.39 is 12.0 Å². The molecule has 102 valence electrons. The Balaban J connectivity index is 2.04. The van der Waals surface area contributed by atoms with Gasteiger partial charge in [0.1, 0.15) is 6.04 Å².